The van der Waals surface area contributed by atoms with Crippen molar-refractivity contribution in [2.45, 2.75) is 0 Å². The molecular formula is C10H10N2. The van der Waals surface area contributed by atoms with Gasteiger partial charge in [0.1, 0.15) is 0 Å². The molecule has 0 amide bonds. The van der Waals surface area contributed by atoms with E-state index < -0.39 is 0 Å². The van der Waals surface area contributed by atoms with Crippen LogP contribution in [0.3, 0.4) is 0 Å². The minimum Gasteiger partial charge on any atom is -0.361 e. The minimum absolute atomic E-state index is 0.991. The number of hydrogen-bond acceptors (Lipinski definition) is 0. The summed E-state index contributed by atoms with van der Waals surface area (Å²) in [5, 5.41) is 0. The highest BCUT2D eigenvalue weighted by Gasteiger charge is 2.01. The van der Waals surface area contributed by atoms with Gasteiger partial charge in [0.2, 0.25) is 0 Å². The number of aromatic amines is 2. The molecule has 0 saturated heterocycles. The molecule has 0 spiro atoms. The van der Waals surface area contributed by atoms with Gasteiger partial charge in [0.25, 0.3) is 0 Å². The van der Waals surface area contributed by atoms with Gasteiger partial charge in [0, 0.05) is 29.4 Å². The van der Waals surface area contributed by atoms with Crippen LogP contribution in [0.1, 0.15) is 11.4 Å². The summed E-state index contributed by atoms with van der Waals surface area (Å²) in [4.78, 5) is 6.21. The van der Waals surface area contributed by atoms with E-state index in [1.807, 2.05) is 36.7 Å². The number of H-pyrrole nitrogens is 2. The quantitative estimate of drug-likeness (QED) is 0.672. The summed E-state index contributed by atoms with van der Waals surface area (Å²) < 4.78 is 0. The van der Waals surface area contributed by atoms with E-state index in [0.717, 1.165) is 17.0 Å². The van der Waals surface area contributed by atoms with E-state index in [2.05, 4.69) is 16.5 Å². The van der Waals surface area contributed by atoms with E-state index >= 15 is 0 Å². The Hall–Kier alpha value is -1.70. The highest BCUT2D eigenvalue weighted by Crippen LogP contribution is 2.17. The van der Waals surface area contributed by atoms with Gasteiger partial charge in [0.15, 0.2) is 0 Å². The Morgan fingerprint density at radius 3 is 1.83 bits per heavy atom. The van der Waals surface area contributed by atoms with Crippen LogP contribution >= 0.6 is 0 Å². The van der Waals surface area contributed by atoms with Crippen molar-refractivity contribution in [1.82, 2.24) is 9.97 Å². The van der Waals surface area contributed by atoms with Crippen LogP contribution in [0.2, 0.25) is 0 Å². The summed E-state index contributed by atoms with van der Waals surface area (Å²) in [5.41, 5.74) is 3.10. The van der Waals surface area contributed by atoms with E-state index in [-0.39, 0.29) is 0 Å². The smallest absolute Gasteiger partial charge is 0.0468 e. The molecule has 2 heteroatoms. The third-order valence-electron chi connectivity index (χ3n) is 1.85. The van der Waals surface area contributed by atoms with Crippen LogP contribution in [0.5, 0.6) is 0 Å². The van der Waals surface area contributed by atoms with Crippen molar-refractivity contribution in [3.05, 3.63) is 54.6 Å². The van der Waals surface area contributed by atoms with Gasteiger partial charge in [-0.1, -0.05) is 6.58 Å². The van der Waals surface area contributed by atoms with Gasteiger partial charge in [-0.05, 0) is 24.3 Å². The molecule has 0 bridgehead atoms. The molecular weight excluding hydrogens is 148 g/mol. The molecule has 0 atom stereocenters. The van der Waals surface area contributed by atoms with E-state index in [4.69, 9.17) is 0 Å². The van der Waals surface area contributed by atoms with Crippen molar-refractivity contribution in [1.29, 1.82) is 0 Å². The van der Waals surface area contributed by atoms with Crippen LogP contribution < -0.4 is 0 Å². The standard InChI is InChI=1S/C10H10N2/c1-8(9-4-2-6-11-9)10-5-3-7-12-10/h2-7,11-12H,1H2. The summed E-state index contributed by atoms with van der Waals surface area (Å²) in [6.45, 7) is 3.98. The number of nitrogens with one attached hydrogen (secondary N) is 2. The van der Waals surface area contributed by atoms with Crippen molar-refractivity contribution in [2.75, 3.05) is 0 Å². The fourth-order valence-electron chi connectivity index (χ4n) is 1.18. The van der Waals surface area contributed by atoms with Crippen LogP contribution in [0.25, 0.3) is 5.57 Å². The summed E-state index contributed by atoms with van der Waals surface area (Å²) in [5.74, 6) is 0. The second-order valence-electron chi connectivity index (χ2n) is 2.65. The van der Waals surface area contributed by atoms with Crippen molar-refractivity contribution in [3.8, 4) is 0 Å². The highest BCUT2D eigenvalue weighted by molar-refractivity contribution is 5.73. The summed E-state index contributed by atoms with van der Waals surface area (Å²) in [6.07, 6.45) is 3.78. The zero-order valence-electron chi connectivity index (χ0n) is 6.67. The molecule has 2 heterocycles. The number of hydrogen-bond donors (Lipinski definition) is 2. The van der Waals surface area contributed by atoms with E-state index in [0.29, 0.717) is 0 Å². The number of aromatic nitrogens is 2. The van der Waals surface area contributed by atoms with Gasteiger partial charge in [-0.2, -0.15) is 0 Å². The van der Waals surface area contributed by atoms with E-state index in [1.165, 1.54) is 0 Å². The second-order valence-corrected chi connectivity index (χ2v) is 2.65. The van der Waals surface area contributed by atoms with E-state index in [9.17, 15) is 0 Å². The first-order chi connectivity index (χ1) is 5.88. The molecule has 2 rings (SSSR count). The van der Waals surface area contributed by atoms with Gasteiger partial charge in [-0.3, -0.25) is 0 Å². The molecule has 0 aliphatic heterocycles. The topological polar surface area (TPSA) is 31.6 Å². The Morgan fingerprint density at radius 2 is 1.50 bits per heavy atom. The van der Waals surface area contributed by atoms with Crippen LogP contribution in [0, 0.1) is 0 Å². The Balaban J connectivity index is 2.34. The highest BCUT2D eigenvalue weighted by atomic mass is 14.7. The lowest BCUT2D eigenvalue weighted by Gasteiger charge is -1.98. The Morgan fingerprint density at radius 1 is 1.00 bits per heavy atom. The molecule has 0 unspecified atom stereocenters. The van der Waals surface area contributed by atoms with Crippen LogP contribution in [0.4, 0.5) is 0 Å². The summed E-state index contributed by atoms with van der Waals surface area (Å²) >= 11 is 0. The molecule has 2 nitrogen and oxygen atoms in total. The lowest BCUT2D eigenvalue weighted by Crippen LogP contribution is -1.84. The third kappa shape index (κ3) is 1.07. The Bertz CT molecular complexity index is 318. The molecule has 0 aliphatic rings. The van der Waals surface area contributed by atoms with Gasteiger partial charge in [-0.15, -0.1) is 0 Å². The van der Waals surface area contributed by atoms with Crippen LogP contribution in [0.15, 0.2) is 43.2 Å². The first kappa shape index (κ1) is 6.98. The molecule has 0 aliphatic carbocycles. The molecule has 2 aromatic heterocycles. The monoisotopic (exact) mass is 158 g/mol. The maximum absolute atomic E-state index is 3.98. The minimum atomic E-state index is 0.991. The second kappa shape index (κ2) is 2.74. The molecule has 2 aromatic rings. The first-order valence-electron chi connectivity index (χ1n) is 3.84. The maximum atomic E-state index is 3.98. The average Bonchev–Trinajstić information content (AvgIpc) is 2.77. The third-order valence-corrected chi connectivity index (χ3v) is 1.85. The molecule has 0 saturated carbocycles. The Labute approximate surface area is 70.9 Å². The zero-order chi connectivity index (χ0) is 8.39. The maximum Gasteiger partial charge on any atom is 0.0468 e. The molecule has 60 valence electrons. The van der Waals surface area contributed by atoms with Crippen molar-refractivity contribution in [2.24, 2.45) is 0 Å². The molecule has 2 N–H and O–H groups in total. The summed E-state index contributed by atoms with van der Waals surface area (Å²) in [6, 6.07) is 7.93. The average molecular weight is 158 g/mol. The van der Waals surface area contributed by atoms with Crippen molar-refractivity contribution in [3.63, 3.8) is 0 Å². The molecule has 0 radical (unpaired) electrons. The van der Waals surface area contributed by atoms with Gasteiger partial charge < -0.3 is 9.97 Å². The molecule has 0 aromatic carbocycles. The van der Waals surface area contributed by atoms with Crippen molar-refractivity contribution >= 4 is 5.57 Å². The largest absolute Gasteiger partial charge is 0.361 e. The predicted molar refractivity (Wildman–Crippen MR) is 49.7 cm³/mol. The zero-order valence-corrected chi connectivity index (χ0v) is 6.67. The lowest BCUT2D eigenvalue weighted by molar-refractivity contribution is 1.30. The van der Waals surface area contributed by atoms with Gasteiger partial charge in [0.05, 0.1) is 0 Å². The van der Waals surface area contributed by atoms with Crippen molar-refractivity contribution < 1.29 is 0 Å². The first-order valence-corrected chi connectivity index (χ1v) is 3.84. The lowest BCUT2D eigenvalue weighted by atomic mass is 10.1. The van der Waals surface area contributed by atoms with Gasteiger partial charge in [-0.25, -0.2) is 0 Å². The SMILES string of the molecule is C=C(c1ccc[nH]1)c1ccc[nH]1. The van der Waals surface area contributed by atoms with E-state index in [1.54, 1.807) is 0 Å². The Kier molecular flexibility index (Phi) is 1.59. The fourth-order valence-corrected chi connectivity index (χ4v) is 1.18. The van der Waals surface area contributed by atoms with Gasteiger partial charge >= 0.3 is 0 Å². The molecule has 12 heavy (non-hydrogen) atoms. The van der Waals surface area contributed by atoms with Crippen LogP contribution in [-0.2, 0) is 0 Å². The predicted octanol–water partition coefficient (Wildman–Crippen LogP) is 2.40. The normalized spacial score (nSPS) is 10.0. The fraction of sp³-hybridized carbons (Fsp3) is 0. The summed E-state index contributed by atoms with van der Waals surface area (Å²) in [7, 11) is 0. The van der Waals surface area contributed by atoms with Crippen LogP contribution in [-0.4, -0.2) is 9.97 Å². The number of rotatable bonds is 2. The molecule has 0 fully saturated rings.